The van der Waals surface area contributed by atoms with Gasteiger partial charge in [0.05, 0.1) is 0 Å². The summed E-state index contributed by atoms with van der Waals surface area (Å²) < 4.78 is 5.37. The van der Waals surface area contributed by atoms with E-state index in [0.29, 0.717) is 30.5 Å². The van der Waals surface area contributed by atoms with Crippen LogP contribution in [0.3, 0.4) is 0 Å². The van der Waals surface area contributed by atoms with Crippen molar-refractivity contribution in [1.82, 2.24) is 10.6 Å². The molecule has 0 heterocycles. The van der Waals surface area contributed by atoms with Crippen LogP contribution < -0.4 is 10.6 Å². The van der Waals surface area contributed by atoms with E-state index in [0.717, 1.165) is 13.0 Å². The molecule has 166 valence electrons. The van der Waals surface area contributed by atoms with E-state index in [1.165, 1.54) is 43.2 Å². The third-order valence-corrected chi connectivity index (χ3v) is 6.16. The van der Waals surface area contributed by atoms with Gasteiger partial charge < -0.3 is 15.4 Å². The summed E-state index contributed by atoms with van der Waals surface area (Å²) in [4.78, 5) is 11.8. The monoisotopic (exact) mass is 412 g/mol. The molecule has 1 aromatic carbocycles. The molecule has 0 bridgehead atoms. The molecule has 2 N–H and O–H groups in total. The molecule has 0 spiro atoms. The second-order valence-corrected chi connectivity index (χ2v) is 10.1. The molecular weight excluding hydrogens is 372 g/mol. The smallest absolute Gasteiger partial charge is 0.306 e. The first-order valence-electron chi connectivity index (χ1n) is 11.7. The molecule has 4 nitrogen and oxygen atoms in total. The van der Waals surface area contributed by atoms with Crippen molar-refractivity contribution < 1.29 is 9.53 Å². The summed E-state index contributed by atoms with van der Waals surface area (Å²) in [5, 5.41) is 7.54. The second-order valence-electron chi connectivity index (χ2n) is 10.1. The molecular formula is C26H40N2O2. The van der Waals surface area contributed by atoms with Gasteiger partial charge in [-0.25, -0.2) is 0 Å². The topological polar surface area (TPSA) is 50.4 Å². The fraction of sp³-hybridized carbons (Fsp3) is 0.654. The fourth-order valence-electron chi connectivity index (χ4n) is 4.50. The van der Waals surface area contributed by atoms with Gasteiger partial charge in [-0.2, -0.15) is 0 Å². The Balaban J connectivity index is 1.28. The van der Waals surface area contributed by atoms with E-state index in [1.54, 1.807) is 0 Å². The van der Waals surface area contributed by atoms with Gasteiger partial charge in [0.2, 0.25) is 0 Å². The summed E-state index contributed by atoms with van der Waals surface area (Å²) >= 11 is 0. The number of hydrogen-bond donors (Lipinski definition) is 2. The molecule has 2 aliphatic rings. The zero-order valence-corrected chi connectivity index (χ0v) is 19.2. The van der Waals surface area contributed by atoms with Crippen LogP contribution in [0.25, 0.3) is 6.08 Å². The highest BCUT2D eigenvalue weighted by atomic mass is 16.6. The zero-order chi connectivity index (χ0) is 21.6. The molecule has 0 amide bonds. The maximum Gasteiger partial charge on any atom is 0.306 e. The molecule has 2 saturated carbocycles. The standard InChI is InChI=1S/C26H40N2O2/c1-19(17-20-9-6-5-7-10-20)23-18-24(23)28-22-14-12-21(13-15-22)27-16-8-11-25(29)30-26(2,3)4/h5-7,9-10,17,21-24,27-28H,8,11-16,18H2,1-4H3. The highest BCUT2D eigenvalue weighted by Crippen LogP contribution is 2.39. The lowest BCUT2D eigenvalue weighted by atomic mass is 9.91. The Morgan fingerprint density at radius 1 is 1.10 bits per heavy atom. The first kappa shape index (κ1) is 23.0. The lowest BCUT2D eigenvalue weighted by Crippen LogP contribution is -2.41. The van der Waals surface area contributed by atoms with Crippen molar-refractivity contribution in [3.8, 4) is 0 Å². The molecule has 2 atom stereocenters. The van der Waals surface area contributed by atoms with Crippen LogP contribution in [-0.4, -0.2) is 36.2 Å². The molecule has 1 aromatic rings. The number of hydrogen-bond acceptors (Lipinski definition) is 4. The maximum absolute atomic E-state index is 11.8. The second kappa shape index (κ2) is 10.6. The molecule has 3 rings (SSSR count). The molecule has 2 fully saturated rings. The van der Waals surface area contributed by atoms with Gasteiger partial charge in [0.1, 0.15) is 5.60 Å². The maximum atomic E-state index is 11.8. The Bertz CT molecular complexity index is 699. The minimum Gasteiger partial charge on any atom is -0.460 e. The van der Waals surface area contributed by atoms with Gasteiger partial charge in [-0.05, 0) is 84.2 Å². The SMILES string of the molecule is CC(=Cc1ccccc1)C1CC1NC1CCC(NCCCC(=O)OC(C)(C)C)CC1. The van der Waals surface area contributed by atoms with Crippen molar-refractivity contribution in [3.05, 3.63) is 41.5 Å². The van der Waals surface area contributed by atoms with E-state index < -0.39 is 0 Å². The Hall–Kier alpha value is -1.65. The lowest BCUT2D eigenvalue weighted by molar-refractivity contribution is -0.154. The van der Waals surface area contributed by atoms with Crippen molar-refractivity contribution in [2.24, 2.45) is 5.92 Å². The molecule has 30 heavy (non-hydrogen) atoms. The van der Waals surface area contributed by atoms with Gasteiger partial charge in [0, 0.05) is 24.5 Å². The number of ether oxygens (including phenoxy) is 1. The van der Waals surface area contributed by atoms with Crippen LogP contribution in [0.5, 0.6) is 0 Å². The Kier molecular flexibility index (Phi) is 8.13. The minimum absolute atomic E-state index is 0.0900. The third-order valence-electron chi connectivity index (χ3n) is 6.16. The summed E-state index contributed by atoms with van der Waals surface area (Å²) in [7, 11) is 0. The average Bonchev–Trinajstić information content (AvgIpc) is 3.45. The number of esters is 1. The summed E-state index contributed by atoms with van der Waals surface area (Å²) in [6.07, 6.45) is 9.90. The summed E-state index contributed by atoms with van der Waals surface area (Å²) in [5.41, 5.74) is 2.42. The summed E-state index contributed by atoms with van der Waals surface area (Å²) in [6, 6.07) is 12.5. The van der Waals surface area contributed by atoms with E-state index in [-0.39, 0.29) is 11.6 Å². The van der Waals surface area contributed by atoms with Crippen LogP contribution in [-0.2, 0) is 9.53 Å². The quantitative estimate of drug-likeness (QED) is 0.438. The van der Waals surface area contributed by atoms with E-state index >= 15 is 0 Å². The average molecular weight is 413 g/mol. The predicted octanol–water partition coefficient (Wildman–Crippen LogP) is 5.09. The highest BCUT2D eigenvalue weighted by Gasteiger charge is 2.39. The summed E-state index contributed by atoms with van der Waals surface area (Å²) in [5.74, 6) is 0.613. The Morgan fingerprint density at radius 2 is 1.77 bits per heavy atom. The molecule has 0 aromatic heterocycles. The number of carbonyl (C=O) groups excluding carboxylic acids is 1. The molecule has 0 saturated heterocycles. The van der Waals surface area contributed by atoms with E-state index in [4.69, 9.17) is 4.74 Å². The van der Waals surface area contributed by atoms with Crippen molar-refractivity contribution in [3.63, 3.8) is 0 Å². The van der Waals surface area contributed by atoms with Crippen LogP contribution in [0.15, 0.2) is 35.9 Å². The number of carbonyl (C=O) groups is 1. The van der Waals surface area contributed by atoms with Gasteiger partial charge in [-0.15, -0.1) is 0 Å². The van der Waals surface area contributed by atoms with Gasteiger partial charge in [0.25, 0.3) is 0 Å². The normalized spacial score (nSPS) is 27.0. The van der Waals surface area contributed by atoms with Crippen LogP contribution in [0.2, 0.25) is 0 Å². The fourth-order valence-corrected chi connectivity index (χ4v) is 4.50. The first-order valence-corrected chi connectivity index (χ1v) is 11.7. The number of rotatable bonds is 9. The summed E-state index contributed by atoms with van der Waals surface area (Å²) in [6.45, 7) is 8.93. The Labute approximate surface area is 182 Å². The van der Waals surface area contributed by atoms with Crippen molar-refractivity contribution in [2.45, 2.75) is 96.4 Å². The van der Waals surface area contributed by atoms with E-state index in [1.807, 2.05) is 20.8 Å². The molecule has 2 unspecified atom stereocenters. The zero-order valence-electron chi connectivity index (χ0n) is 19.2. The third kappa shape index (κ3) is 7.88. The van der Waals surface area contributed by atoms with E-state index in [2.05, 4.69) is 54.0 Å². The van der Waals surface area contributed by atoms with Crippen LogP contribution >= 0.6 is 0 Å². The van der Waals surface area contributed by atoms with Gasteiger partial charge >= 0.3 is 5.97 Å². The number of benzene rings is 1. The van der Waals surface area contributed by atoms with Crippen molar-refractivity contribution >= 4 is 12.0 Å². The molecule has 2 aliphatic carbocycles. The van der Waals surface area contributed by atoms with Crippen molar-refractivity contribution in [1.29, 1.82) is 0 Å². The van der Waals surface area contributed by atoms with Crippen LogP contribution in [0, 0.1) is 5.92 Å². The molecule has 0 aliphatic heterocycles. The van der Waals surface area contributed by atoms with Gasteiger partial charge in [0.15, 0.2) is 0 Å². The predicted molar refractivity (Wildman–Crippen MR) is 124 cm³/mol. The number of nitrogens with one attached hydrogen (secondary N) is 2. The van der Waals surface area contributed by atoms with E-state index in [9.17, 15) is 4.79 Å². The van der Waals surface area contributed by atoms with Crippen LogP contribution in [0.1, 0.15) is 78.2 Å². The van der Waals surface area contributed by atoms with Crippen molar-refractivity contribution in [2.75, 3.05) is 6.54 Å². The minimum atomic E-state index is -0.383. The van der Waals surface area contributed by atoms with Gasteiger partial charge in [-0.3, -0.25) is 4.79 Å². The highest BCUT2D eigenvalue weighted by molar-refractivity contribution is 5.69. The molecule has 4 heteroatoms. The largest absolute Gasteiger partial charge is 0.460 e. The Morgan fingerprint density at radius 3 is 2.43 bits per heavy atom. The van der Waals surface area contributed by atoms with Gasteiger partial charge in [-0.1, -0.05) is 42.0 Å². The van der Waals surface area contributed by atoms with Crippen LogP contribution in [0.4, 0.5) is 0 Å². The first-order chi connectivity index (χ1) is 14.3. The lowest BCUT2D eigenvalue weighted by Gasteiger charge is -2.30. The molecule has 0 radical (unpaired) electrons.